The number of aliphatic hydroxyl groups is 1. The number of nitrogens with zero attached hydrogens (tertiary/aromatic N) is 7. The van der Waals surface area contributed by atoms with Gasteiger partial charge in [-0.3, -0.25) is 9.80 Å². The standard InChI is InChI=1S/C21H34ClN7O2/c1-14-11-29(21(3,4)13-30)15(2)10-28(14)12-16-23-17-18(26(16)5)24-20(22)25-19(17)27-6-8-31-9-7-27/h14-15,30H,6-13H2,1-5H3/t14-,15?/m0/s1. The van der Waals surface area contributed by atoms with Crippen LogP contribution in [0.5, 0.6) is 0 Å². The molecule has 2 fully saturated rings. The molecular formula is C21H34ClN7O2. The van der Waals surface area contributed by atoms with Crippen molar-refractivity contribution in [2.75, 3.05) is 50.9 Å². The van der Waals surface area contributed by atoms with E-state index in [-0.39, 0.29) is 17.4 Å². The Morgan fingerprint density at radius 1 is 1.10 bits per heavy atom. The molecule has 1 unspecified atom stereocenters. The number of hydrogen-bond acceptors (Lipinski definition) is 8. The Balaban J connectivity index is 1.60. The molecule has 0 radical (unpaired) electrons. The Morgan fingerprint density at radius 3 is 2.48 bits per heavy atom. The second-order valence-corrected chi connectivity index (χ2v) is 9.76. The smallest absolute Gasteiger partial charge is 0.226 e. The maximum atomic E-state index is 9.82. The molecule has 31 heavy (non-hydrogen) atoms. The van der Waals surface area contributed by atoms with Crippen LogP contribution in [-0.2, 0) is 18.3 Å². The van der Waals surface area contributed by atoms with E-state index >= 15 is 0 Å². The van der Waals surface area contributed by atoms with E-state index in [1.54, 1.807) is 0 Å². The summed E-state index contributed by atoms with van der Waals surface area (Å²) in [5.74, 6) is 1.74. The predicted octanol–water partition coefficient (Wildman–Crippen LogP) is 1.52. The Hall–Kier alpha value is -1.52. The average molecular weight is 452 g/mol. The number of piperazine rings is 1. The van der Waals surface area contributed by atoms with Crippen molar-refractivity contribution in [1.82, 2.24) is 29.3 Å². The Kier molecular flexibility index (Phi) is 6.42. The summed E-state index contributed by atoms with van der Waals surface area (Å²) in [6, 6.07) is 0.682. The molecule has 2 aromatic heterocycles. The van der Waals surface area contributed by atoms with Crippen molar-refractivity contribution in [3.8, 4) is 0 Å². The van der Waals surface area contributed by atoms with Crippen molar-refractivity contribution in [3.63, 3.8) is 0 Å². The normalized spacial score (nSPS) is 24.3. The first kappa shape index (κ1) is 22.7. The monoisotopic (exact) mass is 451 g/mol. The molecule has 0 aliphatic carbocycles. The van der Waals surface area contributed by atoms with Gasteiger partial charge in [-0.2, -0.15) is 9.97 Å². The minimum absolute atomic E-state index is 0.151. The van der Waals surface area contributed by atoms with Crippen LogP contribution < -0.4 is 4.90 Å². The van der Waals surface area contributed by atoms with Gasteiger partial charge in [0, 0.05) is 50.8 Å². The average Bonchev–Trinajstić information content (AvgIpc) is 3.06. The summed E-state index contributed by atoms with van der Waals surface area (Å²) in [6.07, 6.45) is 0. The molecule has 2 aliphatic heterocycles. The number of fused-ring (bicyclic) bond motifs is 1. The van der Waals surface area contributed by atoms with Crippen molar-refractivity contribution >= 4 is 28.6 Å². The third-order valence-electron chi connectivity index (χ3n) is 6.70. The third kappa shape index (κ3) is 4.39. The zero-order valence-corrected chi connectivity index (χ0v) is 19.9. The first-order valence-corrected chi connectivity index (χ1v) is 11.4. The van der Waals surface area contributed by atoms with Crippen LogP contribution >= 0.6 is 11.6 Å². The molecule has 2 atom stereocenters. The fourth-order valence-electron chi connectivity index (χ4n) is 4.74. The molecule has 10 heteroatoms. The third-order valence-corrected chi connectivity index (χ3v) is 6.87. The number of imidazole rings is 1. The molecule has 2 aromatic rings. The molecule has 2 saturated heterocycles. The summed E-state index contributed by atoms with van der Waals surface area (Å²) in [6.45, 7) is 14.3. The number of rotatable bonds is 5. The minimum atomic E-state index is -0.225. The van der Waals surface area contributed by atoms with Crippen molar-refractivity contribution in [3.05, 3.63) is 11.1 Å². The Labute approximate surface area is 189 Å². The predicted molar refractivity (Wildman–Crippen MR) is 122 cm³/mol. The van der Waals surface area contributed by atoms with E-state index in [9.17, 15) is 5.11 Å². The molecule has 0 amide bonds. The summed E-state index contributed by atoms with van der Waals surface area (Å²) in [5, 5.41) is 10.1. The summed E-state index contributed by atoms with van der Waals surface area (Å²) in [5.41, 5.74) is 1.33. The molecule has 4 heterocycles. The van der Waals surface area contributed by atoms with Gasteiger partial charge in [0.05, 0.1) is 26.4 Å². The van der Waals surface area contributed by atoms with Crippen molar-refractivity contribution in [1.29, 1.82) is 0 Å². The van der Waals surface area contributed by atoms with E-state index < -0.39 is 0 Å². The zero-order valence-electron chi connectivity index (χ0n) is 19.2. The Morgan fingerprint density at radius 2 is 1.81 bits per heavy atom. The van der Waals surface area contributed by atoms with Crippen LogP contribution in [0.25, 0.3) is 11.2 Å². The summed E-state index contributed by atoms with van der Waals surface area (Å²) in [7, 11) is 2.00. The van der Waals surface area contributed by atoms with Gasteiger partial charge < -0.3 is 19.3 Å². The maximum absolute atomic E-state index is 9.82. The molecule has 4 rings (SSSR count). The van der Waals surface area contributed by atoms with Gasteiger partial charge in [-0.05, 0) is 39.3 Å². The van der Waals surface area contributed by atoms with E-state index in [1.807, 2.05) is 11.6 Å². The second-order valence-electron chi connectivity index (χ2n) is 9.43. The van der Waals surface area contributed by atoms with Gasteiger partial charge in [-0.25, -0.2) is 4.98 Å². The summed E-state index contributed by atoms with van der Waals surface area (Å²) in [4.78, 5) is 21.0. The van der Waals surface area contributed by atoms with E-state index in [1.165, 1.54) is 0 Å². The molecule has 0 spiro atoms. The number of aryl methyl sites for hydroxylation is 1. The highest BCUT2D eigenvalue weighted by molar-refractivity contribution is 6.28. The number of aliphatic hydroxyl groups excluding tert-OH is 1. The summed E-state index contributed by atoms with van der Waals surface area (Å²) < 4.78 is 7.52. The molecule has 172 valence electrons. The number of morpholine rings is 1. The largest absolute Gasteiger partial charge is 0.394 e. The van der Waals surface area contributed by atoms with Crippen molar-refractivity contribution in [2.24, 2.45) is 7.05 Å². The number of ether oxygens (including phenoxy) is 1. The van der Waals surface area contributed by atoms with Gasteiger partial charge in [0.1, 0.15) is 5.82 Å². The lowest BCUT2D eigenvalue weighted by Crippen LogP contribution is -2.63. The summed E-state index contributed by atoms with van der Waals surface area (Å²) >= 11 is 6.27. The quantitative estimate of drug-likeness (QED) is 0.685. The molecule has 0 aromatic carbocycles. The zero-order chi connectivity index (χ0) is 22.3. The fourth-order valence-corrected chi connectivity index (χ4v) is 4.90. The highest BCUT2D eigenvalue weighted by Crippen LogP contribution is 2.29. The number of halogens is 1. The van der Waals surface area contributed by atoms with Crippen molar-refractivity contribution in [2.45, 2.75) is 51.9 Å². The molecule has 2 aliphatic rings. The molecular weight excluding hydrogens is 418 g/mol. The van der Waals surface area contributed by atoms with Crippen LogP contribution in [0.15, 0.2) is 0 Å². The van der Waals surface area contributed by atoms with E-state index in [0.29, 0.717) is 25.3 Å². The van der Waals surface area contributed by atoms with Gasteiger partial charge in [0.2, 0.25) is 5.28 Å². The van der Waals surface area contributed by atoms with Crippen LogP contribution in [0.1, 0.15) is 33.5 Å². The molecule has 0 bridgehead atoms. The number of aromatic nitrogens is 4. The van der Waals surface area contributed by atoms with Crippen LogP contribution in [0.2, 0.25) is 5.28 Å². The van der Waals surface area contributed by atoms with Gasteiger partial charge in [-0.15, -0.1) is 0 Å². The lowest BCUT2D eigenvalue weighted by atomic mass is 9.97. The number of hydrogen-bond donors (Lipinski definition) is 1. The van der Waals surface area contributed by atoms with Crippen LogP contribution in [0, 0.1) is 0 Å². The number of anilines is 1. The highest BCUT2D eigenvalue weighted by Gasteiger charge is 2.37. The minimum Gasteiger partial charge on any atom is -0.394 e. The first-order chi connectivity index (χ1) is 14.7. The molecule has 9 nitrogen and oxygen atoms in total. The van der Waals surface area contributed by atoms with Gasteiger partial charge >= 0.3 is 0 Å². The Bertz CT molecular complexity index is 928. The van der Waals surface area contributed by atoms with Crippen molar-refractivity contribution < 1.29 is 9.84 Å². The lowest BCUT2D eigenvalue weighted by molar-refractivity contribution is -0.0426. The topological polar surface area (TPSA) is 82.8 Å². The van der Waals surface area contributed by atoms with E-state index in [0.717, 1.165) is 55.5 Å². The van der Waals surface area contributed by atoms with Gasteiger partial charge in [-0.1, -0.05) is 0 Å². The second kappa shape index (κ2) is 8.78. The maximum Gasteiger partial charge on any atom is 0.226 e. The van der Waals surface area contributed by atoms with Crippen LogP contribution in [-0.4, -0.2) is 98.0 Å². The van der Waals surface area contributed by atoms with Gasteiger partial charge in [0.25, 0.3) is 0 Å². The first-order valence-electron chi connectivity index (χ1n) is 11.0. The van der Waals surface area contributed by atoms with E-state index in [4.69, 9.17) is 21.3 Å². The van der Waals surface area contributed by atoms with E-state index in [2.05, 4.69) is 52.4 Å². The highest BCUT2D eigenvalue weighted by atomic mass is 35.5. The van der Waals surface area contributed by atoms with Crippen LogP contribution in [0.3, 0.4) is 0 Å². The molecule has 0 saturated carbocycles. The SMILES string of the molecule is CC1CN(Cc2nc3c(N4CCOCC4)nc(Cl)nc3n2C)[C@@H](C)CN1C(C)(C)CO. The van der Waals surface area contributed by atoms with Gasteiger partial charge in [0.15, 0.2) is 17.0 Å². The fraction of sp³-hybridized carbons (Fsp3) is 0.762. The lowest BCUT2D eigenvalue weighted by Gasteiger charge is -2.50. The molecule has 1 N–H and O–H groups in total. The van der Waals surface area contributed by atoms with Crippen LogP contribution in [0.4, 0.5) is 5.82 Å².